The van der Waals surface area contributed by atoms with Gasteiger partial charge in [-0.05, 0) is 158 Å². The van der Waals surface area contributed by atoms with E-state index < -0.39 is 70.1 Å². The first kappa shape index (κ1) is 93.5. The fraction of sp³-hybridized carbons (Fsp3) is 0.851. The zero-order chi connectivity index (χ0) is 76.1. The summed E-state index contributed by atoms with van der Waals surface area (Å²) in [6.45, 7) is 49.7. The average molecular weight is 1460 g/mol. The van der Waals surface area contributed by atoms with Crippen molar-refractivity contribution < 1.29 is 73.3 Å². The number of piperidine rings is 1. The van der Waals surface area contributed by atoms with Crippen molar-refractivity contribution >= 4 is 51.9 Å². The lowest BCUT2D eigenvalue weighted by atomic mass is 9.75. The van der Waals surface area contributed by atoms with Crippen LogP contribution in [-0.2, 0) is 51.9 Å². The van der Waals surface area contributed by atoms with E-state index in [1.807, 2.05) is 128 Å². The second kappa shape index (κ2) is 38.7. The summed E-state index contributed by atoms with van der Waals surface area (Å²) in [5.74, 6) is 1.56. The van der Waals surface area contributed by atoms with E-state index in [0.717, 1.165) is 57.1 Å². The van der Waals surface area contributed by atoms with Crippen LogP contribution in [0.1, 0.15) is 228 Å². The van der Waals surface area contributed by atoms with Crippen molar-refractivity contribution in [3.8, 4) is 0 Å². The molecule has 4 heterocycles. The SMILES string of the molecule is CC(C)(C)CC(O)CNS(=O)(=O)C1CC1.CC(C)(C)OC(=O)N1CCC(C(C)(C)C)CC1.CC1=NC(S(=O)(=O)NCC(O)CC(C)(C)C)=CC1.CN(C)C(O)CC(C)(C)C.Cc1nc(S(=O)(=O)NCC(O)CC(C)(C)C)cn1C.Cc1oncc1S(=O)(=O)NCC(O)CC(C)(C)C. The van der Waals surface area contributed by atoms with Crippen molar-refractivity contribution in [2.75, 3.05) is 53.4 Å². The Labute approximate surface area is 586 Å². The quantitative estimate of drug-likeness (QED) is 0.0496. The standard InChI is InChI=1S/C14H27NO2.C12H23N3O3S.C12H22N2O3S.C11H20N2O4S.C10H21NO3S.C8H19NO/c1-13(2,3)11-7-9-15(10-8-11)12(16)17-14(4,5)6;1-9-14-11(8-15(9)5)19(17,18)13-7-10(16)6-12(2,3)4;1-9-5-6-11(14-9)18(16,17)13-8-10(15)7-12(2,3)4;1-8-10(7-12-17-8)18(15,16)13-6-9(14)5-11(2,3)4;1-10(2,3)6-8(12)7-11-15(13,14)9-4-5-9;1-8(2,3)6-7(10)9(4)5/h11H,7-10H2,1-6H3;8,10,13,16H,6-7H2,1-5H3;6,10,13,15H,5,7-8H2,1-4H3;7,9,13-14H,5-6H2,1-4H3;8-9,11-12H,4-7H2,1-3H3;7,10H,6H2,1-5H3. The Morgan fingerprint density at radius 2 is 0.990 bits per heavy atom. The Morgan fingerprint density at radius 3 is 1.29 bits per heavy atom. The van der Waals surface area contributed by atoms with Gasteiger partial charge in [0.05, 0.1) is 35.9 Å². The number of amides is 1. The zero-order valence-electron chi connectivity index (χ0n) is 64.1. The molecule has 570 valence electrons. The molecule has 1 saturated carbocycles. The van der Waals surface area contributed by atoms with Crippen LogP contribution in [0.4, 0.5) is 4.79 Å². The molecule has 26 nitrogen and oxygen atoms in total. The molecule has 0 bridgehead atoms. The molecular weight excluding hydrogens is 1330 g/mol. The van der Waals surface area contributed by atoms with Gasteiger partial charge in [-0.2, -0.15) is 0 Å². The zero-order valence-corrected chi connectivity index (χ0v) is 67.4. The summed E-state index contributed by atoms with van der Waals surface area (Å²) in [5.41, 5.74) is 0.827. The maximum absolute atomic E-state index is 12.0. The van der Waals surface area contributed by atoms with Crippen molar-refractivity contribution in [2.24, 2.45) is 50.4 Å². The van der Waals surface area contributed by atoms with Crippen LogP contribution in [0.15, 0.2) is 42.9 Å². The lowest BCUT2D eigenvalue weighted by Crippen LogP contribution is -2.43. The third-order valence-electron chi connectivity index (χ3n) is 14.7. The first-order valence-corrected chi connectivity index (χ1v) is 39.5. The number of imidazole rings is 1. The molecule has 0 spiro atoms. The van der Waals surface area contributed by atoms with Crippen molar-refractivity contribution in [3.05, 3.63) is 35.1 Å². The summed E-state index contributed by atoms with van der Waals surface area (Å²) < 4.78 is 116. The first-order chi connectivity index (χ1) is 43.4. The van der Waals surface area contributed by atoms with E-state index >= 15 is 0 Å². The molecule has 5 atom stereocenters. The fourth-order valence-corrected chi connectivity index (χ4v) is 14.4. The summed E-state index contributed by atoms with van der Waals surface area (Å²) in [6.07, 6.45) is 8.23. The average Bonchev–Trinajstić information content (AvgIpc) is 1.76. The fourth-order valence-electron chi connectivity index (χ4n) is 9.54. The van der Waals surface area contributed by atoms with Crippen LogP contribution in [0.3, 0.4) is 0 Å². The van der Waals surface area contributed by atoms with Gasteiger partial charge in [0.2, 0.25) is 20.0 Å². The second-order valence-electron chi connectivity index (χ2n) is 34.2. The molecule has 5 unspecified atom stereocenters. The third kappa shape index (κ3) is 43.2. The lowest BCUT2D eigenvalue weighted by molar-refractivity contribution is 0.00764. The van der Waals surface area contributed by atoms with E-state index in [-0.39, 0.29) is 91.5 Å². The third-order valence-corrected chi connectivity index (χ3v) is 20.8. The molecule has 9 N–H and O–H groups in total. The number of hydrogen-bond acceptors (Lipinski definition) is 20. The van der Waals surface area contributed by atoms with Crippen molar-refractivity contribution in [1.82, 2.24) is 43.4 Å². The Kier molecular flexibility index (Phi) is 37.3. The number of rotatable bonds is 22. The van der Waals surface area contributed by atoms with Gasteiger partial charge in [0.15, 0.2) is 15.8 Å². The number of sulfonamides is 4. The van der Waals surface area contributed by atoms with Crippen LogP contribution < -0.4 is 18.9 Å². The van der Waals surface area contributed by atoms with E-state index in [9.17, 15) is 64.0 Å². The van der Waals surface area contributed by atoms with Gasteiger partial charge in [-0.1, -0.05) is 130 Å². The molecule has 2 aromatic heterocycles. The van der Waals surface area contributed by atoms with Gasteiger partial charge in [-0.3, -0.25) is 4.90 Å². The minimum atomic E-state index is -3.66. The number of aliphatic imine (C=N–C) groups is 1. The molecule has 0 radical (unpaired) electrons. The number of aromatic nitrogens is 3. The Balaban J connectivity index is 0.00000115. The number of hydrogen-bond donors (Lipinski definition) is 9. The monoisotopic (exact) mass is 1460 g/mol. The molecule has 30 heteroatoms. The van der Waals surface area contributed by atoms with E-state index in [1.54, 1.807) is 31.5 Å². The van der Waals surface area contributed by atoms with Crippen molar-refractivity contribution in [2.45, 2.75) is 282 Å². The summed E-state index contributed by atoms with van der Waals surface area (Å²) in [5, 5.41) is 51.6. The molecule has 1 amide bonds. The number of likely N-dealkylation sites (tertiary alicyclic amines) is 1. The predicted molar refractivity (Wildman–Crippen MR) is 386 cm³/mol. The molecule has 2 aliphatic heterocycles. The van der Waals surface area contributed by atoms with E-state index in [2.05, 4.69) is 75.6 Å². The highest BCUT2D eigenvalue weighted by Gasteiger charge is 2.36. The number of nitrogens with one attached hydrogen (secondary N) is 4. The highest BCUT2D eigenvalue weighted by molar-refractivity contribution is 7.93. The molecule has 0 aromatic carbocycles. The molecule has 5 rings (SSSR count). The first-order valence-electron chi connectivity index (χ1n) is 33.5. The Bertz CT molecular complexity index is 3180. The van der Waals surface area contributed by atoms with Crippen molar-refractivity contribution in [1.29, 1.82) is 0 Å². The predicted octanol–water partition coefficient (Wildman–Crippen LogP) is 9.12. The number of carbonyl (C=O) groups excluding carboxylic acids is 1. The minimum Gasteiger partial charge on any atom is -0.444 e. The number of aliphatic hydroxyl groups is 5. The van der Waals surface area contributed by atoms with Crippen LogP contribution in [0.5, 0.6) is 0 Å². The number of nitrogens with zero attached hydrogens (tertiary/aromatic N) is 6. The van der Waals surface area contributed by atoms with Crippen LogP contribution in [0.2, 0.25) is 0 Å². The largest absolute Gasteiger partial charge is 0.444 e. The topological polar surface area (TPSA) is 375 Å². The summed E-state index contributed by atoms with van der Waals surface area (Å²) in [6, 6.07) is 0. The van der Waals surface area contributed by atoms with Gasteiger partial charge in [-0.25, -0.2) is 67.3 Å². The Morgan fingerprint density at radius 1 is 0.598 bits per heavy atom. The van der Waals surface area contributed by atoms with Gasteiger partial charge in [0.1, 0.15) is 22.5 Å². The van der Waals surface area contributed by atoms with Crippen molar-refractivity contribution in [3.63, 3.8) is 0 Å². The molecule has 97 heavy (non-hydrogen) atoms. The van der Waals surface area contributed by atoms with Gasteiger partial charge in [0, 0.05) is 64.6 Å². The molecule has 1 saturated heterocycles. The number of carbonyl (C=O) groups is 1. The molecule has 2 aromatic rings. The number of allylic oxidation sites excluding steroid dienone is 1. The highest BCUT2D eigenvalue weighted by Crippen LogP contribution is 2.35. The maximum atomic E-state index is 12.0. The smallest absolute Gasteiger partial charge is 0.410 e. The summed E-state index contributed by atoms with van der Waals surface area (Å²) in [7, 11) is -8.54. The normalized spacial score (nSPS) is 17.2. The van der Waals surface area contributed by atoms with Gasteiger partial charge in [-0.15, -0.1) is 0 Å². The number of aliphatic hydroxyl groups excluding tert-OH is 5. The van der Waals surface area contributed by atoms with Crippen LogP contribution >= 0.6 is 0 Å². The maximum Gasteiger partial charge on any atom is 0.410 e. The highest BCUT2D eigenvalue weighted by atomic mass is 32.2. The Hall–Kier alpha value is -3.50. The number of ether oxygens (including phenoxy) is 1. The molecule has 3 aliphatic rings. The molecular formula is C67H132N10O16S4. The summed E-state index contributed by atoms with van der Waals surface area (Å²) in [4.78, 5) is 23.5. The van der Waals surface area contributed by atoms with Crippen LogP contribution in [0.25, 0.3) is 0 Å². The van der Waals surface area contributed by atoms with E-state index in [1.165, 1.54) is 13.1 Å². The molecule has 1 aliphatic carbocycles. The van der Waals surface area contributed by atoms with Gasteiger partial charge < -0.3 is 44.3 Å². The minimum absolute atomic E-state index is 0.00474. The van der Waals surface area contributed by atoms with Gasteiger partial charge in [0.25, 0.3) is 20.0 Å². The van der Waals surface area contributed by atoms with Crippen LogP contribution in [0, 0.1) is 52.3 Å². The van der Waals surface area contributed by atoms with Gasteiger partial charge >= 0.3 is 6.09 Å². The van der Waals surface area contributed by atoms with E-state index in [0.29, 0.717) is 49.3 Å². The molecule has 2 fully saturated rings. The van der Waals surface area contributed by atoms with E-state index in [4.69, 9.17) is 9.26 Å². The van der Waals surface area contributed by atoms with Crippen LogP contribution in [-0.4, -0.2) is 190 Å². The second-order valence-corrected chi connectivity index (χ2v) is 41.4. The summed E-state index contributed by atoms with van der Waals surface area (Å²) >= 11 is 0. The lowest BCUT2D eigenvalue weighted by Gasteiger charge is -2.39. The number of aryl methyl sites for hydroxylation is 3.